The average molecular weight is 320 g/mol. The molecule has 1 atom stereocenters. The Bertz CT molecular complexity index is 830. The summed E-state index contributed by atoms with van der Waals surface area (Å²) in [4.78, 5) is 1.24. The standard InChI is InChI=1S/C20H16O2S/c1-21-14-11-12-19-17(13-14)20(23-15-7-3-2-4-8-15)16-9-5-6-10-18(16)22-19/h2-13,20H,1H3/t20-/m0/s1. The molecule has 1 aliphatic heterocycles. The third-order valence-corrected chi connectivity index (χ3v) is 5.21. The van der Waals surface area contributed by atoms with Crippen LogP contribution < -0.4 is 9.47 Å². The maximum atomic E-state index is 6.08. The molecule has 0 radical (unpaired) electrons. The Balaban J connectivity index is 1.82. The first-order valence-electron chi connectivity index (χ1n) is 7.51. The van der Waals surface area contributed by atoms with Crippen molar-refractivity contribution >= 4 is 11.8 Å². The number of para-hydroxylation sites is 1. The Morgan fingerprint density at radius 1 is 0.826 bits per heavy atom. The fourth-order valence-corrected chi connectivity index (χ4v) is 4.01. The first-order chi connectivity index (χ1) is 11.3. The average Bonchev–Trinajstić information content (AvgIpc) is 2.62. The number of methoxy groups -OCH3 is 1. The number of thioether (sulfide) groups is 1. The van der Waals surface area contributed by atoms with Crippen molar-refractivity contribution in [1.82, 2.24) is 0 Å². The van der Waals surface area contributed by atoms with E-state index in [0.717, 1.165) is 22.8 Å². The minimum Gasteiger partial charge on any atom is -0.497 e. The lowest BCUT2D eigenvalue weighted by Gasteiger charge is -2.28. The molecule has 0 fully saturated rings. The highest BCUT2D eigenvalue weighted by molar-refractivity contribution is 7.99. The van der Waals surface area contributed by atoms with E-state index in [-0.39, 0.29) is 5.25 Å². The van der Waals surface area contributed by atoms with Gasteiger partial charge in [0.25, 0.3) is 0 Å². The highest BCUT2D eigenvalue weighted by Gasteiger charge is 2.28. The number of fused-ring (bicyclic) bond motifs is 2. The van der Waals surface area contributed by atoms with Gasteiger partial charge in [0.15, 0.2) is 0 Å². The first-order valence-corrected chi connectivity index (χ1v) is 8.39. The quantitative estimate of drug-likeness (QED) is 0.618. The molecule has 4 rings (SSSR count). The van der Waals surface area contributed by atoms with Crippen LogP contribution in [-0.4, -0.2) is 7.11 Å². The van der Waals surface area contributed by atoms with E-state index in [2.05, 4.69) is 42.5 Å². The molecular formula is C20H16O2S. The van der Waals surface area contributed by atoms with Crippen LogP contribution in [0.3, 0.4) is 0 Å². The highest BCUT2D eigenvalue weighted by atomic mass is 32.2. The summed E-state index contributed by atoms with van der Waals surface area (Å²) in [6.07, 6.45) is 0. The lowest BCUT2D eigenvalue weighted by molar-refractivity contribution is 0.410. The molecule has 0 bridgehead atoms. The summed E-state index contributed by atoms with van der Waals surface area (Å²) in [7, 11) is 1.69. The van der Waals surface area contributed by atoms with E-state index in [9.17, 15) is 0 Å². The monoisotopic (exact) mass is 320 g/mol. The molecule has 23 heavy (non-hydrogen) atoms. The minimum atomic E-state index is 0.187. The van der Waals surface area contributed by atoms with Gasteiger partial charge in [-0.15, -0.1) is 11.8 Å². The van der Waals surface area contributed by atoms with Gasteiger partial charge in [0.05, 0.1) is 12.4 Å². The zero-order chi connectivity index (χ0) is 15.6. The summed E-state index contributed by atoms with van der Waals surface area (Å²) < 4.78 is 11.5. The Labute approximate surface area is 140 Å². The summed E-state index contributed by atoms with van der Waals surface area (Å²) >= 11 is 1.83. The fraction of sp³-hybridized carbons (Fsp3) is 0.100. The van der Waals surface area contributed by atoms with Crippen molar-refractivity contribution in [1.29, 1.82) is 0 Å². The van der Waals surface area contributed by atoms with E-state index < -0.39 is 0 Å². The number of hydrogen-bond donors (Lipinski definition) is 0. The minimum absolute atomic E-state index is 0.187. The van der Waals surface area contributed by atoms with Crippen LogP contribution in [0, 0.1) is 0 Å². The second-order valence-electron chi connectivity index (χ2n) is 5.35. The summed E-state index contributed by atoms with van der Waals surface area (Å²) in [5.41, 5.74) is 2.35. The van der Waals surface area contributed by atoms with Crippen molar-refractivity contribution in [2.45, 2.75) is 10.1 Å². The number of rotatable bonds is 3. The third-order valence-electron chi connectivity index (χ3n) is 3.92. The molecular weight excluding hydrogens is 304 g/mol. The van der Waals surface area contributed by atoms with E-state index in [1.54, 1.807) is 7.11 Å². The molecule has 0 N–H and O–H groups in total. The maximum absolute atomic E-state index is 6.08. The Morgan fingerprint density at radius 3 is 2.39 bits per heavy atom. The van der Waals surface area contributed by atoms with E-state index in [1.165, 1.54) is 10.5 Å². The smallest absolute Gasteiger partial charge is 0.132 e. The predicted octanol–water partition coefficient (Wildman–Crippen LogP) is 5.68. The highest BCUT2D eigenvalue weighted by Crippen LogP contribution is 2.52. The molecule has 0 aliphatic carbocycles. The van der Waals surface area contributed by atoms with Crippen molar-refractivity contribution in [2.24, 2.45) is 0 Å². The van der Waals surface area contributed by atoms with Crippen LogP contribution in [0.1, 0.15) is 16.4 Å². The van der Waals surface area contributed by atoms with E-state index in [4.69, 9.17) is 9.47 Å². The molecule has 114 valence electrons. The topological polar surface area (TPSA) is 18.5 Å². The second kappa shape index (κ2) is 6.01. The molecule has 0 saturated carbocycles. The van der Waals surface area contributed by atoms with E-state index in [0.29, 0.717) is 0 Å². The van der Waals surface area contributed by atoms with Gasteiger partial charge in [-0.1, -0.05) is 36.4 Å². The lowest BCUT2D eigenvalue weighted by Crippen LogP contribution is -2.07. The number of hydrogen-bond acceptors (Lipinski definition) is 3. The van der Waals surface area contributed by atoms with Gasteiger partial charge < -0.3 is 9.47 Å². The summed E-state index contributed by atoms with van der Waals surface area (Å²) in [6, 6.07) is 24.7. The molecule has 3 aromatic carbocycles. The van der Waals surface area contributed by atoms with Gasteiger partial charge in [-0.3, -0.25) is 0 Å². The molecule has 1 aliphatic rings. The lowest BCUT2D eigenvalue weighted by atomic mass is 9.99. The third kappa shape index (κ3) is 2.68. The molecule has 1 heterocycles. The van der Waals surface area contributed by atoms with Crippen LogP contribution in [0.2, 0.25) is 0 Å². The van der Waals surface area contributed by atoms with Crippen LogP contribution in [0.15, 0.2) is 77.7 Å². The van der Waals surface area contributed by atoms with Crippen LogP contribution in [0.5, 0.6) is 17.2 Å². The summed E-state index contributed by atoms with van der Waals surface area (Å²) in [5, 5.41) is 0.187. The van der Waals surface area contributed by atoms with Crippen molar-refractivity contribution in [3.8, 4) is 17.2 Å². The van der Waals surface area contributed by atoms with Crippen LogP contribution in [0.4, 0.5) is 0 Å². The van der Waals surface area contributed by atoms with E-state index in [1.807, 2.05) is 42.1 Å². The van der Waals surface area contributed by atoms with Gasteiger partial charge >= 0.3 is 0 Å². The Hall–Kier alpha value is -2.39. The van der Waals surface area contributed by atoms with Crippen LogP contribution >= 0.6 is 11.8 Å². The fourth-order valence-electron chi connectivity index (χ4n) is 2.79. The molecule has 3 heteroatoms. The Morgan fingerprint density at radius 2 is 1.57 bits per heavy atom. The molecule has 0 saturated heterocycles. The maximum Gasteiger partial charge on any atom is 0.132 e. The van der Waals surface area contributed by atoms with Gasteiger partial charge in [0, 0.05) is 16.0 Å². The summed E-state index contributed by atoms with van der Waals surface area (Å²) in [6.45, 7) is 0. The Kier molecular flexibility index (Phi) is 3.72. The van der Waals surface area contributed by atoms with Gasteiger partial charge in [-0.05, 0) is 36.4 Å². The zero-order valence-electron chi connectivity index (χ0n) is 12.7. The van der Waals surface area contributed by atoms with Crippen molar-refractivity contribution < 1.29 is 9.47 Å². The van der Waals surface area contributed by atoms with Crippen molar-refractivity contribution in [2.75, 3.05) is 7.11 Å². The molecule has 2 nitrogen and oxygen atoms in total. The van der Waals surface area contributed by atoms with Gasteiger partial charge in [0.1, 0.15) is 17.2 Å². The van der Waals surface area contributed by atoms with Crippen molar-refractivity contribution in [3.63, 3.8) is 0 Å². The molecule has 0 unspecified atom stereocenters. The van der Waals surface area contributed by atoms with Gasteiger partial charge in [-0.25, -0.2) is 0 Å². The largest absolute Gasteiger partial charge is 0.497 e. The molecule has 0 spiro atoms. The van der Waals surface area contributed by atoms with Gasteiger partial charge in [0.2, 0.25) is 0 Å². The van der Waals surface area contributed by atoms with Crippen LogP contribution in [-0.2, 0) is 0 Å². The SMILES string of the molecule is COc1ccc2c(c1)[C@@H](Sc1ccccc1)c1ccccc1O2. The number of ether oxygens (including phenoxy) is 2. The normalized spacial score (nSPS) is 15.3. The van der Waals surface area contributed by atoms with Crippen LogP contribution in [0.25, 0.3) is 0 Å². The summed E-state index contributed by atoms with van der Waals surface area (Å²) in [5.74, 6) is 2.68. The predicted molar refractivity (Wildman–Crippen MR) is 93.7 cm³/mol. The zero-order valence-corrected chi connectivity index (χ0v) is 13.5. The van der Waals surface area contributed by atoms with Gasteiger partial charge in [-0.2, -0.15) is 0 Å². The number of benzene rings is 3. The second-order valence-corrected chi connectivity index (χ2v) is 6.53. The molecule has 3 aromatic rings. The first kappa shape index (κ1) is 14.2. The molecule has 0 aromatic heterocycles. The van der Waals surface area contributed by atoms with E-state index >= 15 is 0 Å². The molecule has 0 amide bonds. The van der Waals surface area contributed by atoms with Crippen molar-refractivity contribution in [3.05, 3.63) is 83.9 Å².